The van der Waals surface area contributed by atoms with Gasteiger partial charge in [-0.3, -0.25) is 0 Å². The lowest BCUT2D eigenvalue weighted by Gasteiger charge is -2.16. The number of carbonyl (C=O) groups excluding carboxylic acids is 2. The number of aryl methyl sites for hydroxylation is 1. The molecule has 2 aromatic carbocycles. The van der Waals surface area contributed by atoms with Gasteiger partial charge in [-0.25, -0.2) is 9.59 Å². The van der Waals surface area contributed by atoms with Gasteiger partial charge in [0.15, 0.2) is 0 Å². The van der Waals surface area contributed by atoms with Crippen LogP contribution in [-0.4, -0.2) is 37.3 Å². The summed E-state index contributed by atoms with van der Waals surface area (Å²) < 4.78 is 15.4. The highest BCUT2D eigenvalue weighted by Crippen LogP contribution is 2.28. The summed E-state index contributed by atoms with van der Waals surface area (Å²) in [7, 11) is 2.91. The smallest absolute Gasteiger partial charge is 0.408 e. The largest absolute Gasteiger partial charge is 0.496 e. The van der Waals surface area contributed by atoms with Gasteiger partial charge in [0.25, 0.3) is 0 Å². The summed E-state index contributed by atoms with van der Waals surface area (Å²) in [6.07, 6.45) is 1.40. The van der Waals surface area contributed by atoms with Crippen LogP contribution >= 0.6 is 0 Å². The van der Waals surface area contributed by atoms with Crippen molar-refractivity contribution in [2.75, 3.05) is 14.2 Å². The second-order valence-electron chi connectivity index (χ2n) is 6.67. The first-order chi connectivity index (χ1) is 14.0. The first kappa shape index (κ1) is 20.3. The molecule has 0 saturated heterocycles. The summed E-state index contributed by atoms with van der Waals surface area (Å²) in [6, 6.07) is 12.3. The SMILES string of the molecule is COC(=O)C(Cc1c[nH]c2cc(OC)c(C)cc12)NC(=O)OCc1ccccc1. The van der Waals surface area contributed by atoms with Gasteiger partial charge in [0, 0.05) is 29.6 Å². The minimum Gasteiger partial charge on any atom is -0.496 e. The van der Waals surface area contributed by atoms with Crippen LogP contribution in [0.1, 0.15) is 16.7 Å². The Morgan fingerprint density at radius 3 is 2.59 bits per heavy atom. The van der Waals surface area contributed by atoms with Crippen LogP contribution < -0.4 is 10.1 Å². The quantitative estimate of drug-likeness (QED) is 0.597. The Morgan fingerprint density at radius 1 is 1.14 bits per heavy atom. The van der Waals surface area contributed by atoms with E-state index in [2.05, 4.69) is 10.3 Å². The maximum atomic E-state index is 12.2. The average molecular weight is 396 g/mol. The van der Waals surface area contributed by atoms with Crippen LogP contribution in [0, 0.1) is 6.92 Å². The summed E-state index contributed by atoms with van der Waals surface area (Å²) in [5.41, 5.74) is 3.60. The molecule has 0 radical (unpaired) electrons. The van der Waals surface area contributed by atoms with Crippen molar-refractivity contribution in [2.24, 2.45) is 0 Å². The van der Waals surface area contributed by atoms with Crippen LogP contribution in [0.3, 0.4) is 0 Å². The molecule has 1 aromatic heterocycles. The van der Waals surface area contributed by atoms with Crippen LogP contribution in [0.15, 0.2) is 48.7 Å². The van der Waals surface area contributed by atoms with E-state index in [0.29, 0.717) is 0 Å². The lowest BCUT2D eigenvalue weighted by molar-refractivity contribution is -0.142. The van der Waals surface area contributed by atoms with Gasteiger partial charge in [-0.2, -0.15) is 0 Å². The Balaban J connectivity index is 1.72. The number of H-pyrrole nitrogens is 1. The van der Waals surface area contributed by atoms with Crippen molar-refractivity contribution in [2.45, 2.75) is 26.0 Å². The number of aromatic amines is 1. The van der Waals surface area contributed by atoms with Gasteiger partial charge in [-0.15, -0.1) is 0 Å². The highest BCUT2D eigenvalue weighted by molar-refractivity contribution is 5.87. The molecular weight excluding hydrogens is 372 g/mol. The fraction of sp³-hybridized carbons (Fsp3) is 0.273. The van der Waals surface area contributed by atoms with Crippen LogP contribution in [0.2, 0.25) is 0 Å². The molecule has 29 heavy (non-hydrogen) atoms. The zero-order valence-corrected chi connectivity index (χ0v) is 16.7. The molecule has 0 fully saturated rings. The van der Waals surface area contributed by atoms with Gasteiger partial charge < -0.3 is 24.5 Å². The van der Waals surface area contributed by atoms with Crippen molar-refractivity contribution in [3.05, 3.63) is 65.4 Å². The Labute approximate surface area is 169 Å². The molecule has 2 N–H and O–H groups in total. The van der Waals surface area contributed by atoms with Gasteiger partial charge in [0.2, 0.25) is 0 Å². The Kier molecular flexibility index (Phi) is 6.39. The predicted octanol–water partition coefficient (Wildman–Crippen LogP) is 3.50. The molecule has 1 heterocycles. The van der Waals surface area contributed by atoms with E-state index in [1.54, 1.807) is 7.11 Å². The fourth-order valence-corrected chi connectivity index (χ4v) is 3.17. The van der Waals surface area contributed by atoms with E-state index in [0.717, 1.165) is 33.3 Å². The summed E-state index contributed by atoms with van der Waals surface area (Å²) in [6.45, 7) is 2.07. The highest BCUT2D eigenvalue weighted by atomic mass is 16.6. The molecule has 1 amide bonds. The molecule has 3 aromatic rings. The molecule has 0 spiro atoms. The topological polar surface area (TPSA) is 89.7 Å². The summed E-state index contributed by atoms with van der Waals surface area (Å²) >= 11 is 0. The van der Waals surface area contributed by atoms with Gasteiger partial charge in [0.1, 0.15) is 18.4 Å². The number of fused-ring (bicyclic) bond motifs is 1. The molecule has 0 saturated carbocycles. The number of aromatic nitrogens is 1. The van der Waals surface area contributed by atoms with Crippen LogP contribution in [-0.2, 0) is 27.3 Å². The molecule has 0 aliphatic heterocycles. The number of hydrogen-bond acceptors (Lipinski definition) is 5. The molecule has 7 nitrogen and oxygen atoms in total. The van der Waals surface area contributed by atoms with Crippen molar-refractivity contribution in [1.82, 2.24) is 10.3 Å². The van der Waals surface area contributed by atoms with Crippen molar-refractivity contribution < 1.29 is 23.8 Å². The fourth-order valence-electron chi connectivity index (χ4n) is 3.17. The van der Waals surface area contributed by atoms with Crippen molar-refractivity contribution in [1.29, 1.82) is 0 Å². The van der Waals surface area contributed by atoms with Crippen LogP contribution in [0.25, 0.3) is 10.9 Å². The zero-order valence-electron chi connectivity index (χ0n) is 16.7. The number of amides is 1. The van der Waals surface area contributed by atoms with Gasteiger partial charge >= 0.3 is 12.1 Å². The van der Waals surface area contributed by atoms with Crippen LogP contribution in [0.5, 0.6) is 5.75 Å². The monoisotopic (exact) mass is 396 g/mol. The van der Waals surface area contributed by atoms with E-state index >= 15 is 0 Å². The normalized spacial score (nSPS) is 11.7. The van der Waals surface area contributed by atoms with Gasteiger partial charge in [-0.05, 0) is 29.7 Å². The van der Waals surface area contributed by atoms with Crippen molar-refractivity contribution in [3.8, 4) is 5.75 Å². The maximum Gasteiger partial charge on any atom is 0.408 e. The number of hydrogen-bond donors (Lipinski definition) is 2. The molecule has 0 aliphatic rings. The molecule has 7 heteroatoms. The summed E-state index contributed by atoms with van der Waals surface area (Å²) in [5.74, 6) is 0.235. The molecule has 1 atom stereocenters. The molecule has 0 aliphatic carbocycles. The van der Waals surface area contributed by atoms with E-state index in [9.17, 15) is 9.59 Å². The number of ether oxygens (including phenoxy) is 3. The third-order valence-electron chi connectivity index (χ3n) is 4.70. The predicted molar refractivity (Wildman–Crippen MR) is 109 cm³/mol. The minimum absolute atomic E-state index is 0.118. The number of esters is 1. The molecule has 3 rings (SSSR count). The zero-order chi connectivity index (χ0) is 20.8. The Bertz CT molecular complexity index is 997. The Morgan fingerprint density at radius 2 is 1.90 bits per heavy atom. The number of nitrogens with one attached hydrogen (secondary N) is 2. The molecule has 1 unspecified atom stereocenters. The number of benzene rings is 2. The number of alkyl carbamates (subject to hydrolysis) is 1. The van der Waals surface area contributed by atoms with Crippen LogP contribution in [0.4, 0.5) is 4.79 Å². The minimum atomic E-state index is -0.871. The van der Waals surface area contributed by atoms with E-state index in [4.69, 9.17) is 14.2 Å². The van der Waals surface area contributed by atoms with Crippen molar-refractivity contribution in [3.63, 3.8) is 0 Å². The second-order valence-corrected chi connectivity index (χ2v) is 6.67. The maximum absolute atomic E-state index is 12.2. The molecule has 152 valence electrons. The second kappa shape index (κ2) is 9.14. The standard InChI is InChI=1S/C22H24N2O5/c1-14-9-17-16(12-23-18(17)11-20(14)27-2)10-19(21(25)28-3)24-22(26)29-13-15-7-5-4-6-8-15/h4-9,11-12,19,23H,10,13H2,1-3H3,(H,24,26). The summed E-state index contributed by atoms with van der Waals surface area (Å²) in [4.78, 5) is 27.6. The number of rotatable bonds is 7. The average Bonchev–Trinajstić information content (AvgIpc) is 3.12. The van der Waals surface area contributed by atoms with E-state index in [1.807, 2.05) is 55.6 Å². The lowest BCUT2D eigenvalue weighted by atomic mass is 10.0. The van der Waals surface area contributed by atoms with E-state index < -0.39 is 18.1 Å². The van der Waals surface area contributed by atoms with E-state index in [-0.39, 0.29) is 13.0 Å². The summed E-state index contributed by atoms with van der Waals surface area (Å²) in [5, 5.41) is 3.56. The third kappa shape index (κ3) is 4.87. The number of carbonyl (C=O) groups is 2. The van der Waals surface area contributed by atoms with E-state index in [1.165, 1.54) is 7.11 Å². The number of methoxy groups -OCH3 is 2. The first-order valence-corrected chi connectivity index (χ1v) is 9.21. The van der Waals surface area contributed by atoms with Gasteiger partial charge in [-0.1, -0.05) is 30.3 Å². The molecule has 0 bridgehead atoms. The lowest BCUT2D eigenvalue weighted by Crippen LogP contribution is -2.43. The third-order valence-corrected chi connectivity index (χ3v) is 4.70. The first-order valence-electron chi connectivity index (χ1n) is 9.21. The molecular formula is C22H24N2O5. The highest BCUT2D eigenvalue weighted by Gasteiger charge is 2.24. The van der Waals surface area contributed by atoms with Crippen molar-refractivity contribution >= 4 is 23.0 Å². The van der Waals surface area contributed by atoms with Gasteiger partial charge in [0.05, 0.1) is 14.2 Å². The Hall–Kier alpha value is -3.48.